The van der Waals surface area contributed by atoms with E-state index in [4.69, 9.17) is 15.2 Å². The molecule has 5 heteroatoms. The van der Waals surface area contributed by atoms with Crippen LogP contribution in [-0.4, -0.2) is 26.7 Å². The Labute approximate surface area is 114 Å². The molecule has 1 aromatic carbocycles. The van der Waals surface area contributed by atoms with E-state index in [1.807, 2.05) is 13.8 Å². The Kier molecular flexibility index (Phi) is 5.18. The van der Waals surface area contributed by atoms with Crippen LogP contribution >= 0.6 is 0 Å². The summed E-state index contributed by atoms with van der Waals surface area (Å²) < 4.78 is 10.7. The first-order valence-electron chi connectivity index (χ1n) is 6.19. The molecule has 0 bridgehead atoms. The first kappa shape index (κ1) is 15.3. The zero-order chi connectivity index (χ0) is 14.6. The molecule has 0 aliphatic heterocycles. The summed E-state index contributed by atoms with van der Waals surface area (Å²) in [6, 6.07) is 1.77. The van der Waals surface area contributed by atoms with Gasteiger partial charge in [0.15, 0.2) is 0 Å². The van der Waals surface area contributed by atoms with Gasteiger partial charge in [-0.05, 0) is 25.0 Å². The number of rotatable bonds is 5. The van der Waals surface area contributed by atoms with Gasteiger partial charge in [0.1, 0.15) is 11.5 Å². The summed E-state index contributed by atoms with van der Waals surface area (Å²) in [5.74, 6) is 0.980. The number of amides is 1. The molecule has 1 amide bonds. The number of benzene rings is 1. The van der Waals surface area contributed by atoms with Crippen molar-refractivity contribution in [3.05, 3.63) is 17.2 Å². The zero-order valence-corrected chi connectivity index (χ0v) is 12.2. The molecular formula is C14H22N2O3. The molecule has 0 fully saturated rings. The molecular weight excluding hydrogens is 244 g/mol. The second-order valence-corrected chi connectivity index (χ2v) is 4.54. The minimum Gasteiger partial charge on any atom is -0.496 e. The monoisotopic (exact) mass is 266 g/mol. The molecule has 1 aromatic rings. The van der Waals surface area contributed by atoms with Crippen LogP contribution in [0.1, 0.15) is 18.1 Å². The van der Waals surface area contributed by atoms with Gasteiger partial charge in [-0.15, -0.1) is 0 Å². The lowest BCUT2D eigenvalue weighted by atomic mass is 10.1. The van der Waals surface area contributed by atoms with Crippen molar-refractivity contribution in [1.82, 2.24) is 0 Å². The van der Waals surface area contributed by atoms with Gasteiger partial charge in [-0.25, -0.2) is 0 Å². The molecule has 0 radical (unpaired) electrons. The Morgan fingerprint density at radius 3 is 2.42 bits per heavy atom. The highest BCUT2D eigenvalue weighted by Crippen LogP contribution is 2.37. The molecule has 3 N–H and O–H groups in total. The van der Waals surface area contributed by atoms with E-state index in [2.05, 4.69) is 5.32 Å². The van der Waals surface area contributed by atoms with Gasteiger partial charge in [-0.3, -0.25) is 4.79 Å². The minimum absolute atomic E-state index is 0.133. The Morgan fingerprint density at radius 1 is 1.32 bits per heavy atom. The van der Waals surface area contributed by atoms with Gasteiger partial charge >= 0.3 is 0 Å². The number of anilines is 1. The molecule has 5 nitrogen and oxygen atoms in total. The fourth-order valence-corrected chi connectivity index (χ4v) is 1.79. The van der Waals surface area contributed by atoms with Crippen LogP contribution < -0.4 is 20.5 Å². The van der Waals surface area contributed by atoms with Crippen molar-refractivity contribution in [1.29, 1.82) is 0 Å². The third kappa shape index (κ3) is 3.17. The van der Waals surface area contributed by atoms with Crippen molar-refractivity contribution < 1.29 is 14.3 Å². The number of nitrogens with two attached hydrogens (primary N) is 1. The number of hydrogen-bond acceptors (Lipinski definition) is 4. The van der Waals surface area contributed by atoms with E-state index in [0.29, 0.717) is 23.7 Å². The molecule has 1 atom stereocenters. The lowest BCUT2D eigenvalue weighted by Gasteiger charge is -2.18. The average molecular weight is 266 g/mol. The van der Waals surface area contributed by atoms with E-state index in [1.54, 1.807) is 27.2 Å². The van der Waals surface area contributed by atoms with Crippen molar-refractivity contribution in [3.63, 3.8) is 0 Å². The number of carbonyl (C=O) groups excluding carboxylic acids is 1. The second kappa shape index (κ2) is 6.43. The number of hydrogen-bond donors (Lipinski definition) is 2. The van der Waals surface area contributed by atoms with Crippen LogP contribution in [-0.2, 0) is 4.79 Å². The smallest absolute Gasteiger partial charge is 0.228 e. The first-order chi connectivity index (χ1) is 8.96. The van der Waals surface area contributed by atoms with Crippen molar-refractivity contribution in [2.75, 3.05) is 26.1 Å². The van der Waals surface area contributed by atoms with E-state index >= 15 is 0 Å². The van der Waals surface area contributed by atoms with Gasteiger partial charge < -0.3 is 20.5 Å². The normalized spacial score (nSPS) is 11.9. The molecule has 1 unspecified atom stereocenters. The van der Waals surface area contributed by atoms with Crippen LogP contribution in [0.15, 0.2) is 6.07 Å². The quantitative estimate of drug-likeness (QED) is 0.853. The maximum absolute atomic E-state index is 11.9. The van der Waals surface area contributed by atoms with Crippen LogP contribution in [0.25, 0.3) is 0 Å². The average Bonchev–Trinajstić information content (AvgIpc) is 2.41. The largest absolute Gasteiger partial charge is 0.496 e. The summed E-state index contributed by atoms with van der Waals surface area (Å²) in [5.41, 5.74) is 8.03. The maximum atomic E-state index is 11.9. The fraction of sp³-hybridized carbons (Fsp3) is 0.500. The number of carbonyl (C=O) groups is 1. The molecule has 0 aromatic heterocycles. The molecule has 0 spiro atoms. The van der Waals surface area contributed by atoms with Gasteiger partial charge in [0.05, 0.1) is 19.9 Å². The third-order valence-corrected chi connectivity index (χ3v) is 3.28. The Morgan fingerprint density at radius 2 is 1.95 bits per heavy atom. The summed E-state index contributed by atoms with van der Waals surface area (Å²) in [5, 5.41) is 2.83. The number of ether oxygens (including phenoxy) is 2. The Balaban J connectivity index is 3.19. The summed E-state index contributed by atoms with van der Waals surface area (Å²) in [4.78, 5) is 11.9. The van der Waals surface area contributed by atoms with Gasteiger partial charge in [0.25, 0.3) is 0 Å². The second-order valence-electron chi connectivity index (χ2n) is 4.54. The van der Waals surface area contributed by atoms with Crippen molar-refractivity contribution in [2.45, 2.75) is 20.8 Å². The lowest BCUT2D eigenvalue weighted by molar-refractivity contribution is -0.119. The SMILES string of the molecule is COc1cc(NC(=O)C(C)CN)c(OC)c(C)c1C. The van der Waals surface area contributed by atoms with Gasteiger partial charge in [-0.2, -0.15) is 0 Å². The molecule has 1 rings (SSSR count). The summed E-state index contributed by atoms with van der Waals surface area (Å²) >= 11 is 0. The van der Waals surface area contributed by atoms with E-state index < -0.39 is 0 Å². The highest BCUT2D eigenvalue weighted by atomic mass is 16.5. The van der Waals surface area contributed by atoms with Crippen LogP contribution in [0, 0.1) is 19.8 Å². The standard InChI is InChI=1S/C14H22N2O3/c1-8(7-15)14(17)16-11-6-12(18-4)9(2)10(3)13(11)19-5/h6,8H,7,15H2,1-5H3,(H,16,17). The fourth-order valence-electron chi connectivity index (χ4n) is 1.79. The Bertz CT molecular complexity index is 472. The predicted octanol–water partition coefficient (Wildman–Crippen LogP) is 1.85. The molecule has 19 heavy (non-hydrogen) atoms. The molecule has 0 saturated carbocycles. The number of nitrogens with one attached hydrogen (secondary N) is 1. The van der Waals surface area contributed by atoms with Crippen molar-refractivity contribution in [3.8, 4) is 11.5 Å². The van der Waals surface area contributed by atoms with Crippen LogP contribution in [0.3, 0.4) is 0 Å². The number of methoxy groups -OCH3 is 2. The van der Waals surface area contributed by atoms with E-state index in [1.165, 1.54) is 0 Å². The first-order valence-corrected chi connectivity index (χ1v) is 6.19. The van der Waals surface area contributed by atoms with Crippen LogP contribution in [0.5, 0.6) is 11.5 Å². The molecule has 106 valence electrons. The predicted molar refractivity (Wildman–Crippen MR) is 75.9 cm³/mol. The third-order valence-electron chi connectivity index (χ3n) is 3.28. The zero-order valence-electron chi connectivity index (χ0n) is 12.2. The maximum Gasteiger partial charge on any atom is 0.228 e. The summed E-state index contributed by atoms with van der Waals surface area (Å²) in [7, 11) is 3.18. The van der Waals surface area contributed by atoms with Gasteiger partial charge in [-0.1, -0.05) is 6.92 Å². The highest BCUT2D eigenvalue weighted by Gasteiger charge is 2.18. The highest BCUT2D eigenvalue weighted by molar-refractivity contribution is 5.94. The molecule has 0 heterocycles. The minimum atomic E-state index is -0.252. The van der Waals surface area contributed by atoms with Gasteiger partial charge in [0, 0.05) is 18.5 Å². The Hall–Kier alpha value is -1.75. The van der Waals surface area contributed by atoms with Crippen LogP contribution in [0.4, 0.5) is 5.69 Å². The van der Waals surface area contributed by atoms with Gasteiger partial charge in [0.2, 0.25) is 5.91 Å². The lowest BCUT2D eigenvalue weighted by Crippen LogP contribution is -2.27. The van der Waals surface area contributed by atoms with Crippen molar-refractivity contribution >= 4 is 11.6 Å². The van der Waals surface area contributed by atoms with Crippen molar-refractivity contribution in [2.24, 2.45) is 11.7 Å². The summed E-state index contributed by atoms with van der Waals surface area (Å²) in [6.07, 6.45) is 0. The molecule has 0 aliphatic rings. The van der Waals surface area contributed by atoms with E-state index in [9.17, 15) is 4.79 Å². The van der Waals surface area contributed by atoms with E-state index in [0.717, 1.165) is 11.1 Å². The summed E-state index contributed by atoms with van der Waals surface area (Å²) in [6.45, 7) is 5.96. The molecule has 0 saturated heterocycles. The topological polar surface area (TPSA) is 73.6 Å². The van der Waals surface area contributed by atoms with Crippen LogP contribution in [0.2, 0.25) is 0 Å². The molecule has 0 aliphatic carbocycles. The van der Waals surface area contributed by atoms with E-state index in [-0.39, 0.29) is 11.8 Å².